The van der Waals surface area contributed by atoms with Gasteiger partial charge in [-0.05, 0) is 49.2 Å². The minimum atomic E-state index is -0.678. The second kappa shape index (κ2) is 7.04. The Kier molecular flexibility index (Phi) is 4.65. The van der Waals surface area contributed by atoms with Crippen molar-refractivity contribution in [2.45, 2.75) is 12.8 Å². The minimum absolute atomic E-state index is 0.0113. The number of benzene rings is 2. The Bertz CT molecular complexity index is 831. The zero-order valence-electron chi connectivity index (χ0n) is 13.4. The van der Waals surface area contributed by atoms with E-state index in [2.05, 4.69) is 16.0 Å². The van der Waals surface area contributed by atoms with E-state index in [1.807, 2.05) is 0 Å². The van der Waals surface area contributed by atoms with Crippen molar-refractivity contribution in [3.63, 3.8) is 0 Å². The first-order chi connectivity index (χ1) is 12.0. The third-order valence-electron chi connectivity index (χ3n) is 3.73. The summed E-state index contributed by atoms with van der Waals surface area (Å²) >= 11 is 0. The molecule has 5 N–H and O–H groups in total. The lowest BCUT2D eigenvalue weighted by atomic mass is 10.1. The summed E-state index contributed by atoms with van der Waals surface area (Å²) in [6.45, 7) is 0. The van der Waals surface area contributed by atoms with E-state index in [1.54, 1.807) is 48.5 Å². The number of nitrogens with two attached hydrogens (primary N) is 1. The molecule has 0 bridgehead atoms. The summed E-state index contributed by atoms with van der Waals surface area (Å²) < 4.78 is 0. The molecule has 0 heterocycles. The van der Waals surface area contributed by atoms with Gasteiger partial charge < -0.3 is 21.7 Å². The number of carbonyl (C=O) groups is 3. The van der Waals surface area contributed by atoms with Gasteiger partial charge in [-0.15, -0.1) is 0 Å². The Morgan fingerprint density at radius 2 is 1.44 bits per heavy atom. The van der Waals surface area contributed by atoms with E-state index in [9.17, 15) is 14.4 Å². The second-order valence-corrected chi connectivity index (χ2v) is 5.87. The summed E-state index contributed by atoms with van der Waals surface area (Å²) in [6, 6.07) is 12.7. The quantitative estimate of drug-likeness (QED) is 0.672. The first-order valence-electron chi connectivity index (χ1n) is 7.90. The topological polar surface area (TPSA) is 113 Å². The molecule has 1 saturated carbocycles. The fourth-order valence-corrected chi connectivity index (χ4v) is 2.35. The Labute approximate surface area is 144 Å². The number of hydrogen-bond acceptors (Lipinski definition) is 3. The maximum atomic E-state index is 12.4. The van der Waals surface area contributed by atoms with E-state index in [4.69, 9.17) is 5.73 Å². The van der Waals surface area contributed by atoms with Gasteiger partial charge in [0.15, 0.2) is 0 Å². The molecule has 0 atom stereocenters. The molecule has 7 heteroatoms. The van der Waals surface area contributed by atoms with Gasteiger partial charge in [0.05, 0.1) is 0 Å². The molecular weight excluding hydrogens is 320 g/mol. The molecule has 0 unspecified atom stereocenters. The van der Waals surface area contributed by atoms with Gasteiger partial charge >= 0.3 is 6.03 Å². The Morgan fingerprint density at radius 3 is 2.08 bits per heavy atom. The van der Waals surface area contributed by atoms with Crippen molar-refractivity contribution in [1.82, 2.24) is 0 Å². The third-order valence-corrected chi connectivity index (χ3v) is 3.73. The van der Waals surface area contributed by atoms with Crippen molar-refractivity contribution >= 4 is 34.9 Å². The maximum Gasteiger partial charge on any atom is 0.316 e. The highest BCUT2D eigenvalue weighted by Gasteiger charge is 2.29. The summed E-state index contributed by atoms with van der Waals surface area (Å²) in [6.07, 6.45) is 1.84. The molecule has 1 fully saturated rings. The number of amides is 4. The lowest BCUT2D eigenvalue weighted by Crippen LogP contribution is -2.19. The molecule has 7 nitrogen and oxygen atoms in total. The zero-order chi connectivity index (χ0) is 17.8. The molecule has 0 spiro atoms. The van der Waals surface area contributed by atoms with Gasteiger partial charge in [-0.2, -0.15) is 0 Å². The Morgan fingerprint density at radius 1 is 0.840 bits per heavy atom. The van der Waals surface area contributed by atoms with Crippen LogP contribution >= 0.6 is 0 Å². The molecule has 4 amide bonds. The molecule has 0 aromatic heterocycles. The van der Waals surface area contributed by atoms with Gasteiger partial charge in [-0.25, -0.2) is 4.79 Å². The predicted octanol–water partition coefficient (Wildman–Crippen LogP) is 2.78. The third kappa shape index (κ3) is 4.57. The van der Waals surface area contributed by atoms with Gasteiger partial charge in [0, 0.05) is 28.5 Å². The van der Waals surface area contributed by atoms with Crippen molar-refractivity contribution < 1.29 is 14.4 Å². The average Bonchev–Trinajstić information content (AvgIpc) is 3.40. The van der Waals surface area contributed by atoms with Crippen LogP contribution in [0.5, 0.6) is 0 Å². The average molecular weight is 338 g/mol. The molecule has 2 aromatic carbocycles. The SMILES string of the molecule is NC(=O)Nc1cccc(NC(=O)c2cccc(NC(=O)C3CC3)c2)c1. The normalized spacial score (nSPS) is 13.0. The van der Waals surface area contributed by atoms with Gasteiger partial charge in [0.2, 0.25) is 5.91 Å². The van der Waals surface area contributed by atoms with Crippen LogP contribution in [0, 0.1) is 5.92 Å². The fourth-order valence-electron chi connectivity index (χ4n) is 2.35. The molecule has 25 heavy (non-hydrogen) atoms. The summed E-state index contributed by atoms with van der Waals surface area (Å²) in [7, 11) is 0. The van der Waals surface area contributed by atoms with Crippen LogP contribution in [-0.2, 0) is 4.79 Å². The van der Waals surface area contributed by atoms with Crippen LogP contribution in [-0.4, -0.2) is 17.8 Å². The summed E-state index contributed by atoms with van der Waals surface area (Å²) in [4.78, 5) is 35.1. The van der Waals surface area contributed by atoms with E-state index in [0.29, 0.717) is 22.6 Å². The molecular formula is C18H18N4O3. The van der Waals surface area contributed by atoms with Crippen LogP contribution in [0.4, 0.5) is 21.9 Å². The van der Waals surface area contributed by atoms with Crippen LogP contribution in [0.25, 0.3) is 0 Å². The van der Waals surface area contributed by atoms with Crippen LogP contribution < -0.4 is 21.7 Å². The zero-order valence-corrected chi connectivity index (χ0v) is 13.4. The molecule has 3 rings (SSSR count). The standard InChI is InChI=1S/C18H18N4O3/c19-18(25)22-15-6-2-5-14(10-15)21-17(24)12-3-1-4-13(9-12)20-16(23)11-7-8-11/h1-6,9-11H,7-8H2,(H,20,23)(H,21,24)(H3,19,22,25). The van der Waals surface area contributed by atoms with Gasteiger partial charge in [0.1, 0.15) is 0 Å². The van der Waals surface area contributed by atoms with Gasteiger partial charge in [0.25, 0.3) is 5.91 Å². The minimum Gasteiger partial charge on any atom is -0.351 e. The first kappa shape index (κ1) is 16.5. The first-order valence-corrected chi connectivity index (χ1v) is 7.90. The van der Waals surface area contributed by atoms with Crippen molar-refractivity contribution in [3.05, 3.63) is 54.1 Å². The smallest absolute Gasteiger partial charge is 0.316 e. The number of primary amides is 1. The van der Waals surface area contributed by atoms with E-state index >= 15 is 0 Å². The fraction of sp³-hybridized carbons (Fsp3) is 0.167. The number of anilines is 3. The number of nitrogens with one attached hydrogen (secondary N) is 3. The van der Waals surface area contributed by atoms with E-state index in [1.165, 1.54) is 0 Å². The van der Waals surface area contributed by atoms with Gasteiger partial charge in [-0.3, -0.25) is 9.59 Å². The second-order valence-electron chi connectivity index (χ2n) is 5.87. The molecule has 0 radical (unpaired) electrons. The molecule has 128 valence electrons. The van der Waals surface area contributed by atoms with Crippen molar-refractivity contribution in [1.29, 1.82) is 0 Å². The Balaban J connectivity index is 1.68. The summed E-state index contributed by atoms with van der Waals surface area (Å²) in [5.74, 6) is -0.237. The lowest BCUT2D eigenvalue weighted by Gasteiger charge is -2.09. The number of carbonyl (C=O) groups excluding carboxylic acids is 3. The van der Waals surface area contributed by atoms with Crippen LogP contribution in [0.15, 0.2) is 48.5 Å². The van der Waals surface area contributed by atoms with Crippen molar-refractivity contribution in [2.24, 2.45) is 11.7 Å². The van der Waals surface area contributed by atoms with Crippen LogP contribution in [0.3, 0.4) is 0 Å². The molecule has 2 aromatic rings. The molecule has 1 aliphatic rings. The predicted molar refractivity (Wildman–Crippen MR) is 95.4 cm³/mol. The van der Waals surface area contributed by atoms with E-state index < -0.39 is 6.03 Å². The van der Waals surface area contributed by atoms with E-state index in [0.717, 1.165) is 12.8 Å². The molecule has 0 aliphatic heterocycles. The molecule has 1 aliphatic carbocycles. The summed E-state index contributed by atoms with van der Waals surface area (Å²) in [5.41, 5.74) is 7.09. The van der Waals surface area contributed by atoms with Crippen molar-refractivity contribution in [3.8, 4) is 0 Å². The largest absolute Gasteiger partial charge is 0.351 e. The highest BCUT2D eigenvalue weighted by Crippen LogP contribution is 2.30. The molecule has 0 saturated heterocycles. The lowest BCUT2D eigenvalue weighted by molar-refractivity contribution is -0.117. The van der Waals surface area contributed by atoms with Gasteiger partial charge in [-0.1, -0.05) is 12.1 Å². The van der Waals surface area contributed by atoms with Crippen LogP contribution in [0.1, 0.15) is 23.2 Å². The Hall–Kier alpha value is -3.35. The number of urea groups is 1. The number of hydrogen-bond donors (Lipinski definition) is 4. The highest BCUT2D eigenvalue weighted by molar-refractivity contribution is 6.05. The maximum absolute atomic E-state index is 12.4. The summed E-state index contributed by atoms with van der Waals surface area (Å²) in [5, 5.41) is 8.00. The van der Waals surface area contributed by atoms with E-state index in [-0.39, 0.29) is 17.7 Å². The highest BCUT2D eigenvalue weighted by atomic mass is 16.2. The van der Waals surface area contributed by atoms with Crippen molar-refractivity contribution in [2.75, 3.05) is 16.0 Å². The number of rotatable bonds is 5. The van der Waals surface area contributed by atoms with Crippen LogP contribution in [0.2, 0.25) is 0 Å². The monoisotopic (exact) mass is 338 g/mol.